The summed E-state index contributed by atoms with van der Waals surface area (Å²) in [6.45, 7) is 0. The molecule has 0 aliphatic carbocycles. The van der Waals surface area contributed by atoms with Gasteiger partial charge >= 0.3 is 5.97 Å². The zero-order chi connectivity index (χ0) is 25.4. The van der Waals surface area contributed by atoms with E-state index in [4.69, 9.17) is 5.84 Å². The molecule has 0 fully saturated rings. The van der Waals surface area contributed by atoms with E-state index in [0.717, 1.165) is 11.3 Å². The standard InChI is InChI=1S/C20H18F3N5O6S/c21-32-16-8-4-7-14(10-16)17-12-35-20(25-17)27(28(33-22)34-23)26(24)19(31)15(11-18(29)30)9-13-5-2-1-3-6-13/h1-8,10,12,15H,9,11,24H2,(H,29,30)/t15-/m1/s1. The molecule has 0 bridgehead atoms. The molecule has 0 aliphatic heterocycles. The summed E-state index contributed by atoms with van der Waals surface area (Å²) in [5.74, 6) is 2.15. The van der Waals surface area contributed by atoms with Gasteiger partial charge in [-0.3, -0.25) is 14.5 Å². The van der Waals surface area contributed by atoms with Gasteiger partial charge in [-0.25, -0.2) is 10.8 Å². The number of aromatic nitrogens is 1. The van der Waals surface area contributed by atoms with Crippen molar-refractivity contribution in [3.05, 3.63) is 65.5 Å². The van der Waals surface area contributed by atoms with Gasteiger partial charge in [0.25, 0.3) is 5.91 Å². The maximum Gasteiger partial charge on any atom is 0.304 e. The van der Waals surface area contributed by atoms with E-state index in [2.05, 4.69) is 20.0 Å². The molecule has 0 saturated carbocycles. The Morgan fingerprint density at radius 1 is 1.09 bits per heavy atom. The average molecular weight is 513 g/mol. The Hall–Kier alpha value is -3.76. The molecule has 15 heteroatoms. The van der Waals surface area contributed by atoms with Crippen LogP contribution in [0.15, 0.2) is 60.0 Å². The Morgan fingerprint density at radius 3 is 2.43 bits per heavy atom. The monoisotopic (exact) mass is 513 g/mol. The first-order valence-electron chi connectivity index (χ1n) is 9.74. The molecular weight excluding hydrogens is 495 g/mol. The molecular formula is C20H18F3N5O6S. The Balaban J connectivity index is 1.93. The smallest absolute Gasteiger partial charge is 0.304 e. The number of carbonyl (C=O) groups excluding carboxylic acids is 1. The third-order valence-corrected chi connectivity index (χ3v) is 5.49. The quantitative estimate of drug-likeness (QED) is 0.210. The molecule has 3 N–H and O–H groups in total. The highest BCUT2D eigenvalue weighted by Gasteiger charge is 2.36. The van der Waals surface area contributed by atoms with Crippen molar-refractivity contribution in [3.63, 3.8) is 0 Å². The molecule has 1 heterocycles. The molecule has 0 saturated heterocycles. The van der Waals surface area contributed by atoms with Gasteiger partial charge in [-0.1, -0.05) is 42.5 Å². The van der Waals surface area contributed by atoms with Crippen LogP contribution in [0.5, 0.6) is 5.75 Å². The first-order chi connectivity index (χ1) is 16.9. The second-order valence-corrected chi connectivity index (χ2v) is 7.79. The number of hydrazine groups is 3. The third kappa shape index (κ3) is 6.43. The van der Waals surface area contributed by atoms with Crippen LogP contribution in [0.2, 0.25) is 0 Å². The van der Waals surface area contributed by atoms with Crippen LogP contribution in [0.3, 0.4) is 0 Å². The predicted octanol–water partition coefficient (Wildman–Crippen LogP) is 3.68. The van der Waals surface area contributed by atoms with E-state index in [1.807, 2.05) is 0 Å². The number of aliphatic carboxylic acids is 1. The molecule has 0 radical (unpaired) electrons. The van der Waals surface area contributed by atoms with Crippen LogP contribution in [-0.4, -0.2) is 32.4 Å². The third-order valence-electron chi connectivity index (χ3n) is 4.68. The van der Waals surface area contributed by atoms with Crippen LogP contribution >= 0.6 is 11.3 Å². The van der Waals surface area contributed by atoms with Crippen molar-refractivity contribution in [2.45, 2.75) is 12.8 Å². The summed E-state index contributed by atoms with van der Waals surface area (Å²) in [6.07, 6.45) is -0.680. The zero-order valence-electron chi connectivity index (χ0n) is 17.7. The SMILES string of the molecule is NN(C(=O)[C@@H](CC(=O)O)Cc1ccccc1)N(c1nc(-c2cccc(OF)c2)cs1)N(OF)OF. The summed E-state index contributed by atoms with van der Waals surface area (Å²) < 4.78 is 38.6. The molecule has 2 aromatic carbocycles. The van der Waals surface area contributed by atoms with Gasteiger partial charge in [0, 0.05) is 15.5 Å². The van der Waals surface area contributed by atoms with Crippen molar-refractivity contribution in [1.29, 1.82) is 0 Å². The number of anilines is 1. The van der Waals surface area contributed by atoms with E-state index in [0.29, 0.717) is 11.1 Å². The number of benzene rings is 2. The van der Waals surface area contributed by atoms with Gasteiger partial charge in [0.2, 0.25) is 5.13 Å². The Labute approximate surface area is 199 Å². The second kappa shape index (κ2) is 12.1. The largest absolute Gasteiger partial charge is 0.481 e. The molecule has 1 aromatic heterocycles. The maximum absolute atomic E-state index is 13.1. The van der Waals surface area contributed by atoms with Gasteiger partial charge in [0.15, 0.2) is 5.75 Å². The van der Waals surface area contributed by atoms with E-state index >= 15 is 0 Å². The predicted molar refractivity (Wildman–Crippen MR) is 115 cm³/mol. The fraction of sp³-hybridized carbons (Fsp3) is 0.150. The van der Waals surface area contributed by atoms with E-state index in [1.165, 1.54) is 23.6 Å². The topological polar surface area (TPSA) is 131 Å². The number of hydrogen-bond acceptors (Lipinski definition) is 10. The van der Waals surface area contributed by atoms with Crippen molar-refractivity contribution in [2.75, 3.05) is 5.12 Å². The summed E-state index contributed by atoms with van der Waals surface area (Å²) >= 11 is 0.755. The van der Waals surface area contributed by atoms with Crippen molar-refractivity contribution in [2.24, 2.45) is 11.8 Å². The summed E-state index contributed by atoms with van der Waals surface area (Å²) in [6, 6.07) is 14.1. The number of carboxylic acids is 1. The molecule has 3 rings (SSSR count). The number of thiazole rings is 1. The first-order valence-corrected chi connectivity index (χ1v) is 10.6. The first kappa shape index (κ1) is 25.9. The van der Waals surface area contributed by atoms with Crippen LogP contribution in [0.25, 0.3) is 11.3 Å². The summed E-state index contributed by atoms with van der Waals surface area (Å²) in [7, 11) is 0. The Kier molecular flexibility index (Phi) is 8.93. The van der Waals surface area contributed by atoms with Crippen LogP contribution in [0, 0.1) is 5.92 Å². The molecule has 186 valence electrons. The number of nitrogens with zero attached hydrogens (tertiary/aromatic N) is 4. The van der Waals surface area contributed by atoms with E-state index < -0.39 is 29.6 Å². The summed E-state index contributed by atoms with van der Waals surface area (Å²) in [4.78, 5) is 32.3. The number of carbonyl (C=O) groups is 2. The second-order valence-electron chi connectivity index (χ2n) is 6.95. The van der Waals surface area contributed by atoms with E-state index in [1.54, 1.807) is 36.4 Å². The number of rotatable bonds is 12. The molecule has 1 atom stereocenters. The molecule has 3 aromatic rings. The minimum Gasteiger partial charge on any atom is -0.481 e. The van der Waals surface area contributed by atoms with Gasteiger partial charge in [-0.05, 0) is 43.3 Å². The lowest BCUT2D eigenvalue weighted by atomic mass is 9.95. The van der Waals surface area contributed by atoms with Crippen LogP contribution in [0.1, 0.15) is 12.0 Å². The lowest BCUT2D eigenvalue weighted by molar-refractivity contribution is -0.533. The number of halogens is 3. The number of amides is 1. The number of carboxylic acid groups (broad SMARTS) is 1. The average Bonchev–Trinajstić information content (AvgIpc) is 3.36. The van der Waals surface area contributed by atoms with Crippen molar-refractivity contribution in [3.8, 4) is 17.0 Å². The molecule has 0 spiro atoms. The molecule has 0 unspecified atom stereocenters. The van der Waals surface area contributed by atoms with Gasteiger partial charge in [-0.15, -0.1) is 16.5 Å². The molecule has 1 amide bonds. The minimum absolute atomic E-state index is 0.0420. The van der Waals surface area contributed by atoms with Gasteiger partial charge in [0.1, 0.15) is 5.34 Å². The Morgan fingerprint density at radius 2 is 1.80 bits per heavy atom. The van der Waals surface area contributed by atoms with Crippen molar-refractivity contribution >= 4 is 28.3 Å². The summed E-state index contributed by atoms with van der Waals surface area (Å²) in [5.41, 5.74) is 1.18. The molecule has 35 heavy (non-hydrogen) atoms. The van der Waals surface area contributed by atoms with E-state index in [9.17, 15) is 28.3 Å². The highest BCUT2D eigenvalue weighted by Crippen LogP contribution is 2.31. The maximum atomic E-state index is 13.1. The highest BCUT2D eigenvalue weighted by molar-refractivity contribution is 7.14. The lowest BCUT2D eigenvalue weighted by Gasteiger charge is -2.33. The van der Waals surface area contributed by atoms with Gasteiger partial charge in [0.05, 0.1) is 18.0 Å². The molecule has 11 nitrogen and oxygen atoms in total. The van der Waals surface area contributed by atoms with Gasteiger partial charge < -0.3 is 5.11 Å². The fourth-order valence-corrected chi connectivity index (χ4v) is 3.94. The lowest BCUT2D eigenvalue weighted by Crippen LogP contribution is -2.59. The van der Waals surface area contributed by atoms with Crippen molar-refractivity contribution < 1.29 is 43.3 Å². The van der Waals surface area contributed by atoms with Crippen molar-refractivity contribution in [1.82, 2.24) is 15.4 Å². The fourth-order valence-electron chi connectivity index (χ4n) is 3.14. The van der Waals surface area contributed by atoms with Gasteiger partial charge in [-0.2, -0.15) is 5.12 Å². The molecule has 0 aliphatic rings. The highest BCUT2D eigenvalue weighted by atomic mass is 32.1. The van der Waals surface area contributed by atoms with Crippen LogP contribution in [0.4, 0.5) is 18.7 Å². The minimum atomic E-state index is -1.30. The van der Waals surface area contributed by atoms with Crippen LogP contribution < -0.4 is 15.9 Å². The van der Waals surface area contributed by atoms with Crippen LogP contribution in [-0.2, 0) is 26.1 Å². The summed E-state index contributed by atoms with van der Waals surface area (Å²) in [5, 5.41) is 16.9. The van der Waals surface area contributed by atoms with E-state index in [-0.39, 0.29) is 33.2 Å². The normalized spacial score (nSPS) is 11.8. The number of nitrogens with two attached hydrogens (primary N) is 1. The number of hydrogen-bond donors (Lipinski definition) is 2. The zero-order valence-corrected chi connectivity index (χ0v) is 18.5. The Bertz CT molecular complexity index is 1140.